The lowest BCUT2D eigenvalue weighted by atomic mass is 10.2. The van der Waals surface area contributed by atoms with E-state index in [1.807, 2.05) is 41.0 Å². The first-order valence-electron chi connectivity index (χ1n) is 9.62. The third kappa shape index (κ3) is 5.03. The lowest BCUT2D eigenvalue weighted by Crippen LogP contribution is -2.18. The number of primary amides is 1. The minimum atomic E-state index is -0.594. The summed E-state index contributed by atoms with van der Waals surface area (Å²) in [5, 5.41) is 14.6. The number of methoxy groups -OCH3 is 1. The molecular formula is C22H18ClN5O3S2. The summed E-state index contributed by atoms with van der Waals surface area (Å²) in [7, 11) is 1.59. The number of nitrogens with two attached hydrogens (primary N) is 1. The Morgan fingerprint density at radius 3 is 2.64 bits per heavy atom. The number of halogens is 1. The zero-order valence-corrected chi connectivity index (χ0v) is 19.7. The van der Waals surface area contributed by atoms with E-state index < -0.39 is 5.91 Å². The number of carbonyl (C=O) groups excluding carboxylic acids is 2. The van der Waals surface area contributed by atoms with Crippen molar-refractivity contribution in [1.82, 2.24) is 14.8 Å². The van der Waals surface area contributed by atoms with Gasteiger partial charge in [-0.25, -0.2) is 0 Å². The summed E-state index contributed by atoms with van der Waals surface area (Å²) >= 11 is 8.52. The highest BCUT2D eigenvalue weighted by Crippen LogP contribution is 2.33. The molecule has 3 N–H and O–H groups in total. The summed E-state index contributed by atoms with van der Waals surface area (Å²) in [6, 6.07) is 16.3. The van der Waals surface area contributed by atoms with Gasteiger partial charge >= 0.3 is 0 Å². The van der Waals surface area contributed by atoms with Crippen LogP contribution < -0.4 is 15.8 Å². The first kappa shape index (κ1) is 22.8. The van der Waals surface area contributed by atoms with E-state index in [-0.39, 0.29) is 17.2 Å². The number of aromatic nitrogens is 3. The van der Waals surface area contributed by atoms with Crippen LogP contribution in [0.2, 0.25) is 5.02 Å². The van der Waals surface area contributed by atoms with Gasteiger partial charge in [0, 0.05) is 10.7 Å². The number of anilines is 1. The van der Waals surface area contributed by atoms with E-state index in [0.717, 1.165) is 11.3 Å². The van der Waals surface area contributed by atoms with Gasteiger partial charge in [0.15, 0.2) is 11.0 Å². The van der Waals surface area contributed by atoms with Crippen molar-refractivity contribution in [3.63, 3.8) is 0 Å². The van der Waals surface area contributed by atoms with E-state index in [2.05, 4.69) is 15.5 Å². The van der Waals surface area contributed by atoms with Crippen LogP contribution in [0.3, 0.4) is 0 Å². The number of rotatable bonds is 8. The van der Waals surface area contributed by atoms with Crippen LogP contribution in [-0.4, -0.2) is 39.4 Å². The zero-order chi connectivity index (χ0) is 23.4. The van der Waals surface area contributed by atoms with Crippen molar-refractivity contribution in [2.45, 2.75) is 5.16 Å². The Balaban J connectivity index is 1.63. The lowest BCUT2D eigenvalue weighted by Gasteiger charge is -2.12. The Hall–Kier alpha value is -3.34. The monoisotopic (exact) mass is 499 g/mol. The molecule has 0 fully saturated rings. The van der Waals surface area contributed by atoms with Crippen molar-refractivity contribution in [3.8, 4) is 22.8 Å². The van der Waals surface area contributed by atoms with E-state index >= 15 is 0 Å². The summed E-state index contributed by atoms with van der Waals surface area (Å²) < 4.78 is 7.34. The smallest absolute Gasteiger partial charge is 0.251 e. The average molecular weight is 500 g/mol. The number of carbonyl (C=O) groups is 2. The lowest BCUT2D eigenvalue weighted by molar-refractivity contribution is -0.113. The van der Waals surface area contributed by atoms with Gasteiger partial charge in [0.05, 0.1) is 24.0 Å². The molecule has 8 nitrogen and oxygen atoms in total. The number of ether oxygens (including phenoxy) is 1. The third-order valence-corrected chi connectivity index (χ3v) is 6.59. The number of amides is 2. The SMILES string of the molecule is COc1ccccc1-c1nnc(SCC(=O)Nc2sccc2C(N)=O)n1-c1ccc(Cl)cc1. The van der Waals surface area contributed by atoms with Crippen molar-refractivity contribution in [3.05, 3.63) is 70.6 Å². The van der Waals surface area contributed by atoms with Crippen LogP contribution in [0.15, 0.2) is 65.1 Å². The maximum absolute atomic E-state index is 12.6. The van der Waals surface area contributed by atoms with Gasteiger partial charge in [0.25, 0.3) is 5.91 Å². The van der Waals surface area contributed by atoms with Gasteiger partial charge in [-0.2, -0.15) is 0 Å². The molecule has 4 rings (SSSR count). The van der Waals surface area contributed by atoms with E-state index in [9.17, 15) is 9.59 Å². The molecule has 2 amide bonds. The molecule has 0 saturated carbocycles. The molecule has 0 saturated heterocycles. The van der Waals surface area contributed by atoms with Crippen LogP contribution in [0.5, 0.6) is 5.75 Å². The van der Waals surface area contributed by atoms with Gasteiger partial charge < -0.3 is 15.8 Å². The Morgan fingerprint density at radius 2 is 1.91 bits per heavy atom. The Bertz CT molecular complexity index is 1300. The highest BCUT2D eigenvalue weighted by atomic mass is 35.5. The Morgan fingerprint density at radius 1 is 1.15 bits per heavy atom. The Kier molecular flexibility index (Phi) is 6.97. The molecule has 0 atom stereocenters. The normalized spacial score (nSPS) is 10.7. The molecule has 2 aromatic carbocycles. The predicted molar refractivity (Wildman–Crippen MR) is 131 cm³/mol. The van der Waals surface area contributed by atoms with Crippen molar-refractivity contribution >= 4 is 51.5 Å². The number of benzene rings is 2. The first-order chi connectivity index (χ1) is 16.0. The second kappa shape index (κ2) is 10.1. The minimum Gasteiger partial charge on any atom is -0.496 e. The van der Waals surface area contributed by atoms with Crippen molar-refractivity contribution in [1.29, 1.82) is 0 Å². The molecule has 0 aliphatic heterocycles. The van der Waals surface area contributed by atoms with Gasteiger partial charge in [-0.3, -0.25) is 14.2 Å². The average Bonchev–Trinajstić information content (AvgIpc) is 3.45. The predicted octanol–water partition coefficient (Wildman–Crippen LogP) is 4.49. The number of hydrogen-bond acceptors (Lipinski definition) is 7. The van der Waals surface area contributed by atoms with Gasteiger partial charge in [-0.1, -0.05) is 35.5 Å². The molecule has 0 unspecified atom stereocenters. The minimum absolute atomic E-state index is 0.0494. The standard InChI is InChI=1S/C22H18ClN5O3S2/c1-31-17-5-3-2-4-15(17)20-26-27-22(28(20)14-8-6-13(23)7-9-14)33-12-18(29)25-21-16(19(24)30)10-11-32-21/h2-11H,12H2,1H3,(H2,24,30)(H,25,29). The van der Waals surface area contributed by atoms with E-state index in [0.29, 0.717) is 26.8 Å². The van der Waals surface area contributed by atoms with Crippen LogP contribution in [0.4, 0.5) is 5.00 Å². The molecule has 11 heteroatoms. The number of nitrogens with one attached hydrogen (secondary N) is 1. The fraction of sp³-hybridized carbons (Fsp3) is 0.0909. The maximum atomic E-state index is 12.6. The van der Waals surface area contributed by atoms with Crippen molar-refractivity contribution < 1.29 is 14.3 Å². The number of para-hydroxylation sites is 1. The number of hydrogen-bond donors (Lipinski definition) is 2. The number of nitrogens with zero attached hydrogens (tertiary/aromatic N) is 3. The molecule has 0 radical (unpaired) electrons. The fourth-order valence-corrected chi connectivity index (χ4v) is 4.77. The summed E-state index contributed by atoms with van der Waals surface area (Å²) in [5.74, 6) is 0.365. The quantitative estimate of drug-likeness (QED) is 0.345. The van der Waals surface area contributed by atoms with Gasteiger partial charge in [-0.15, -0.1) is 21.5 Å². The molecule has 2 aromatic heterocycles. The topological polar surface area (TPSA) is 112 Å². The molecule has 2 heterocycles. The summed E-state index contributed by atoms with van der Waals surface area (Å²) in [5.41, 5.74) is 7.16. The van der Waals surface area contributed by atoms with E-state index in [1.54, 1.807) is 30.7 Å². The summed E-state index contributed by atoms with van der Waals surface area (Å²) in [4.78, 5) is 24.0. The highest BCUT2D eigenvalue weighted by molar-refractivity contribution is 7.99. The van der Waals surface area contributed by atoms with Gasteiger partial charge in [0.1, 0.15) is 10.8 Å². The van der Waals surface area contributed by atoms with Gasteiger partial charge in [0.2, 0.25) is 5.91 Å². The highest BCUT2D eigenvalue weighted by Gasteiger charge is 2.20. The zero-order valence-electron chi connectivity index (χ0n) is 17.3. The second-order valence-electron chi connectivity index (χ2n) is 6.68. The van der Waals surface area contributed by atoms with Crippen LogP contribution in [-0.2, 0) is 4.79 Å². The molecule has 33 heavy (non-hydrogen) atoms. The largest absolute Gasteiger partial charge is 0.496 e. The summed E-state index contributed by atoms with van der Waals surface area (Å²) in [6.45, 7) is 0. The van der Waals surface area contributed by atoms with Gasteiger partial charge in [-0.05, 0) is 47.8 Å². The van der Waals surface area contributed by atoms with E-state index in [4.69, 9.17) is 22.1 Å². The molecule has 0 aliphatic rings. The molecule has 4 aromatic rings. The number of thioether (sulfide) groups is 1. The molecule has 0 spiro atoms. The van der Waals surface area contributed by atoms with Crippen LogP contribution >= 0.6 is 34.7 Å². The molecule has 0 bridgehead atoms. The second-order valence-corrected chi connectivity index (χ2v) is 8.98. The number of thiophene rings is 1. The van der Waals surface area contributed by atoms with Crippen molar-refractivity contribution in [2.24, 2.45) is 5.73 Å². The fourth-order valence-electron chi connectivity index (χ4n) is 3.08. The molecule has 168 valence electrons. The summed E-state index contributed by atoms with van der Waals surface area (Å²) in [6.07, 6.45) is 0. The molecule has 0 aliphatic carbocycles. The van der Waals surface area contributed by atoms with Crippen molar-refractivity contribution in [2.75, 3.05) is 18.2 Å². The van der Waals surface area contributed by atoms with Crippen LogP contribution in [0, 0.1) is 0 Å². The molecular weight excluding hydrogens is 482 g/mol. The Labute approximate surface area is 202 Å². The van der Waals surface area contributed by atoms with E-state index in [1.165, 1.54) is 23.1 Å². The van der Waals surface area contributed by atoms with Crippen LogP contribution in [0.1, 0.15) is 10.4 Å². The first-order valence-corrected chi connectivity index (χ1v) is 11.9. The third-order valence-electron chi connectivity index (χ3n) is 4.58. The maximum Gasteiger partial charge on any atom is 0.251 e. The van der Waals surface area contributed by atoms with Crippen LogP contribution in [0.25, 0.3) is 17.1 Å².